The Morgan fingerprint density at radius 2 is 1.89 bits per heavy atom. The van der Waals surface area contributed by atoms with E-state index in [1.54, 1.807) is 36.4 Å². The number of rotatable bonds is 6. The lowest BCUT2D eigenvalue weighted by atomic mass is 10.2. The summed E-state index contributed by atoms with van der Waals surface area (Å²) in [6.07, 6.45) is 0. The Bertz CT molecular complexity index is 969. The molecule has 0 radical (unpaired) electrons. The van der Waals surface area contributed by atoms with Gasteiger partial charge in [0, 0.05) is 29.0 Å². The molecule has 0 bridgehead atoms. The summed E-state index contributed by atoms with van der Waals surface area (Å²) in [7, 11) is 0. The van der Waals surface area contributed by atoms with Gasteiger partial charge in [-0.25, -0.2) is 4.39 Å². The van der Waals surface area contributed by atoms with Crippen LogP contribution in [0.15, 0.2) is 48.5 Å². The number of aromatic amines is 1. The predicted octanol–water partition coefficient (Wildman–Crippen LogP) is 3.74. The van der Waals surface area contributed by atoms with Crippen molar-refractivity contribution in [2.45, 2.75) is 13.5 Å². The standard InChI is InChI=1S/C20H19ClFN3O2/c1-2-25(12-19(26)23-11-13-3-6-16(22)7-4-13)20(27)18-10-14-9-15(21)5-8-17(14)24-18/h3-10,24H,2,11-12H2,1H3,(H,23,26). The third-order valence-corrected chi connectivity index (χ3v) is 4.45. The van der Waals surface area contributed by atoms with E-state index in [1.807, 2.05) is 6.92 Å². The number of aromatic nitrogens is 1. The van der Waals surface area contributed by atoms with Gasteiger partial charge in [0.25, 0.3) is 5.91 Å². The Hall–Kier alpha value is -2.86. The van der Waals surface area contributed by atoms with Crippen molar-refractivity contribution in [3.05, 3.63) is 70.6 Å². The fraction of sp³-hybridized carbons (Fsp3) is 0.200. The highest BCUT2D eigenvalue weighted by Crippen LogP contribution is 2.20. The molecule has 5 nitrogen and oxygen atoms in total. The molecule has 0 fully saturated rings. The second-order valence-corrected chi connectivity index (χ2v) is 6.57. The van der Waals surface area contributed by atoms with Gasteiger partial charge in [-0.3, -0.25) is 9.59 Å². The maximum atomic E-state index is 12.9. The fourth-order valence-corrected chi connectivity index (χ4v) is 2.93. The van der Waals surface area contributed by atoms with Crippen LogP contribution in [0, 0.1) is 5.82 Å². The Morgan fingerprint density at radius 3 is 2.59 bits per heavy atom. The van der Waals surface area contributed by atoms with Gasteiger partial charge in [0.2, 0.25) is 5.91 Å². The molecular formula is C20H19ClFN3O2. The number of hydrogen-bond acceptors (Lipinski definition) is 2. The summed E-state index contributed by atoms with van der Waals surface area (Å²) in [4.78, 5) is 29.4. The molecule has 3 aromatic rings. The Kier molecular flexibility index (Phi) is 5.76. The number of fused-ring (bicyclic) bond motifs is 1. The van der Waals surface area contributed by atoms with Crippen LogP contribution in [0.2, 0.25) is 5.02 Å². The number of halogens is 2. The number of amides is 2. The summed E-state index contributed by atoms with van der Waals surface area (Å²) in [5.74, 6) is -0.872. The van der Waals surface area contributed by atoms with Crippen molar-refractivity contribution >= 4 is 34.3 Å². The first-order valence-electron chi connectivity index (χ1n) is 8.55. The van der Waals surface area contributed by atoms with Crippen molar-refractivity contribution in [3.63, 3.8) is 0 Å². The highest BCUT2D eigenvalue weighted by Gasteiger charge is 2.19. The van der Waals surface area contributed by atoms with Gasteiger partial charge >= 0.3 is 0 Å². The molecule has 0 atom stereocenters. The first kappa shape index (κ1) is 18.9. The van der Waals surface area contributed by atoms with E-state index in [2.05, 4.69) is 10.3 Å². The normalized spacial score (nSPS) is 10.8. The largest absolute Gasteiger partial charge is 0.351 e. The number of benzene rings is 2. The van der Waals surface area contributed by atoms with Crippen LogP contribution >= 0.6 is 11.6 Å². The molecule has 140 valence electrons. The quantitative estimate of drug-likeness (QED) is 0.676. The zero-order valence-electron chi connectivity index (χ0n) is 14.8. The van der Waals surface area contributed by atoms with E-state index in [4.69, 9.17) is 11.6 Å². The fourth-order valence-electron chi connectivity index (χ4n) is 2.75. The summed E-state index contributed by atoms with van der Waals surface area (Å²) >= 11 is 5.98. The number of carbonyl (C=O) groups is 2. The van der Waals surface area contributed by atoms with Gasteiger partial charge in [0.05, 0.1) is 6.54 Å². The Balaban J connectivity index is 1.63. The number of H-pyrrole nitrogens is 1. The van der Waals surface area contributed by atoms with Crippen LogP contribution < -0.4 is 5.32 Å². The SMILES string of the molecule is CCN(CC(=O)NCc1ccc(F)cc1)C(=O)c1cc2cc(Cl)ccc2[nH]1. The molecule has 1 aromatic heterocycles. The number of nitrogens with zero attached hydrogens (tertiary/aromatic N) is 1. The zero-order chi connectivity index (χ0) is 19.4. The van der Waals surface area contributed by atoms with E-state index < -0.39 is 0 Å². The maximum absolute atomic E-state index is 12.9. The lowest BCUT2D eigenvalue weighted by Gasteiger charge is -2.19. The molecule has 0 unspecified atom stereocenters. The van der Waals surface area contributed by atoms with Crippen LogP contribution in [0.3, 0.4) is 0 Å². The van der Waals surface area contributed by atoms with Crippen molar-refractivity contribution < 1.29 is 14.0 Å². The summed E-state index contributed by atoms with van der Waals surface area (Å²) < 4.78 is 12.9. The van der Waals surface area contributed by atoms with Crippen molar-refractivity contribution in [2.75, 3.05) is 13.1 Å². The molecule has 7 heteroatoms. The van der Waals surface area contributed by atoms with Crippen molar-refractivity contribution in [3.8, 4) is 0 Å². The molecule has 0 spiro atoms. The monoisotopic (exact) mass is 387 g/mol. The molecule has 0 aliphatic rings. The van der Waals surface area contributed by atoms with Crippen LogP contribution in [0.1, 0.15) is 23.0 Å². The molecule has 0 saturated carbocycles. The van der Waals surface area contributed by atoms with E-state index in [0.29, 0.717) is 17.3 Å². The minimum Gasteiger partial charge on any atom is -0.351 e. The lowest BCUT2D eigenvalue weighted by Crippen LogP contribution is -2.40. The van der Waals surface area contributed by atoms with Gasteiger partial charge in [-0.1, -0.05) is 23.7 Å². The number of likely N-dealkylation sites (N-methyl/N-ethyl adjacent to an activating group) is 1. The van der Waals surface area contributed by atoms with Crippen LogP contribution in [-0.2, 0) is 11.3 Å². The van der Waals surface area contributed by atoms with Crippen molar-refractivity contribution in [1.29, 1.82) is 0 Å². The molecule has 2 aromatic carbocycles. The highest BCUT2D eigenvalue weighted by molar-refractivity contribution is 6.31. The summed E-state index contributed by atoms with van der Waals surface area (Å²) in [5.41, 5.74) is 1.99. The first-order chi connectivity index (χ1) is 13.0. The molecule has 0 aliphatic heterocycles. The minimum atomic E-state index is -0.326. The molecule has 1 heterocycles. The van der Waals surface area contributed by atoms with E-state index in [1.165, 1.54) is 17.0 Å². The molecule has 0 aliphatic carbocycles. The Labute approximate surface area is 161 Å². The van der Waals surface area contributed by atoms with Crippen molar-refractivity contribution in [1.82, 2.24) is 15.2 Å². The average Bonchev–Trinajstić information content (AvgIpc) is 3.08. The lowest BCUT2D eigenvalue weighted by molar-refractivity contribution is -0.121. The summed E-state index contributed by atoms with van der Waals surface area (Å²) in [6.45, 7) is 2.41. The van der Waals surface area contributed by atoms with Crippen LogP contribution in [0.25, 0.3) is 10.9 Å². The second kappa shape index (κ2) is 8.22. The molecule has 2 N–H and O–H groups in total. The summed E-state index contributed by atoms with van der Waals surface area (Å²) in [5, 5.41) is 4.17. The Morgan fingerprint density at radius 1 is 1.15 bits per heavy atom. The molecule has 2 amide bonds. The van der Waals surface area contributed by atoms with E-state index in [9.17, 15) is 14.0 Å². The van der Waals surface area contributed by atoms with Crippen LogP contribution in [-0.4, -0.2) is 34.8 Å². The van der Waals surface area contributed by atoms with Crippen LogP contribution in [0.5, 0.6) is 0 Å². The highest BCUT2D eigenvalue weighted by atomic mass is 35.5. The van der Waals surface area contributed by atoms with Gasteiger partial charge in [-0.15, -0.1) is 0 Å². The van der Waals surface area contributed by atoms with Crippen LogP contribution in [0.4, 0.5) is 4.39 Å². The van der Waals surface area contributed by atoms with E-state index >= 15 is 0 Å². The van der Waals surface area contributed by atoms with Crippen molar-refractivity contribution in [2.24, 2.45) is 0 Å². The van der Waals surface area contributed by atoms with Gasteiger partial charge in [-0.2, -0.15) is 0 Å². The number of carbonyl (C=O) groups excluding carboxylic acids is 2. The summed E-state index contributed by atoms with van der Waals surface area (Å²) in [6, 6.07) is 12.9. The maximum Gasteiger partial charge on any atom is 0.270 e. The minimum absolute atomic E-state index is 0.0628. The molecule has 3 rings (SSSR count). The zero-order valence-corrected chi connectivity index (χ0v) is 15.5. The smallest absolute Gasteiger partial charge is 0.270 e. The van der Waals surface area contributed by atoms with Gasteiger partial charge in [0.1, 0.15) is 11.5 Å². The molecule has 0 saturated heterocycles. The van der Waals surface area contributed by atoms with Gasteiger partial charge in [-0.05, 0) is 48.9 Å². The molecular weight excluding hydrogens is 369 g/mol. The number of hydrogen-bond donors (Lipinski definition) is 2. The second-order valence-electron chi connectivity index (χ2n) is 6.14. The van der Waals surface area contributed by atoms with Gasteiger partial charge < -0.3 is 15.2 Å². The first-order valence-corrected chi connectivity index (χ1v) is 8.92. The average molecular weight is 388 g/mol. The topological polar surface area (TPSA) is 65.2 Å². The molecule has 27 heavy (non-hydrogen) atoms. The van der Waals surface area contributed by atoms with Gasteiger partial charge in [0.15, 0.2) is 0 Å². The third-order valence-electron chi connectivity index (χ3n) is 4.22. The number of nitrogens with one attached hydrogen (secondary N) is 2. The van der Waals surface area contributed by atoms with E-state index in [-0.39, 0.29) is 30.7 Å². The predicted molar refractivity (Wildman–Crippen MR) is 103 cm³/mol. The van der Waals surface area contributed by atoms with E-state index in [0.717, 1.165) is 16.5 Å². The third kappa shape index (κ3) is 4.65.